The maximum Gasteiger partial charge on any atom is 0.253 e. The van der Waals surface area contributed by atoms with E-state index >= 15 is 0 Å². The Morgan fingerprint density at radius 1 is 0.932 bits per heavy atom. The fourth-order valence-electron chi connectivity index (χ4n) is 8.42. The van der Waals surface area contributed by atoms with Crippen molar-refractivity contribution in [3.05, 3.63) is 77.1 Å². The van der Waals surface area contributed by atoms with Crippen LogP contribution in [0, 0.1) is 23.6 Å². The molecule has 4 amide bonds. The molecular weight excluding hydrogens is 608 g/mol. The van der Waals surface area contributed by atoms with Gasteiger partial charge in [0.15, 0.2) is 21.3 Å². The SMILES string of the molecule is CN1C(=O)C2(Cl)CC3C(=CCC4C(=O)N(C5CCN(Cc6ccccc6)CC5)C(=O)C43)C(c3cccc(F)c3O)C2(Cl)C1=O. The lowest BCUT2D eigenvalue weighted by Gasteiger charge is -2.50. The third-order valence-electron chi connectivity index (χ3n) is 10.5. The minimum absolute atomic E-state index is 0.00953. The fraction of sp³-hybridized carbons (Fsp3) is 0.455. The molecule has 0 radical (unpaired) electrons. The summed E-state index contributed by atoms with van der Waals surface area (Å²) in [6.45, 7) is 2.27. The van der Waals surface area contributed by atoms with Crippen LogP contribution in [-0.4, -0.2) is 79.4 Å². The van der Waals surface area contributed by atoms with Gasteiger partial charge in [0.25, 0.3) is 11.8 Å². The normalized spacial score (nSPS) is 34.2. The number of phenolic OH excluding ortho intramolecular Hbond substituents is 1. The number of carbonyl (C=O) groups excluding carboxylic acids is 4. The summed E-state index contributed by atoms with van der Waals surface area (Å²) < 4.78 is 14.7. The van der Waals surface area contributed by atoms with E-state index in [0.29, 0.717) is 18.4 Å². The predicted octanol–water partition coefficient (Wildman–Crippen LogP) is 4.18. The Kier molecular flexibility index (Phi) is 6.95. The summed E-state index contributed by atoms with van der Waals surface area (Å²) in [5.74, 6) is -7.01. The topological polar surface area (TPSA) is 98.2 Å². The highest BCUT2D eigenvalue weighted by atomic mass is 35.5. The predicted molar refractivity (Wildman–Crippen MR) is 160 cm³/mol. The van der Waals surface area contributed by atoms with Crippen molar-refractivity contribution in [1.29, 1.82) is 0 Å². The van der Waals surface area contributed by atoms with Crippen molar-refractivity contribution in [2.24, 2.45) is 17.8 Å². The van der Waals surface area contributed by atoms with Gasteiger partial charge in [-0.2, -0.15) is 0 Å². The van der Waals surface area contributed by atoms with Gasteiger partial charge in [0, 0.05) is 44.2 Å². The summed E-state index contributed by atoms with van der Waals surface area (Å²) in [6.07, 6.45) is 3.16. The third kappa shape index (κ3) is 3.98. The highest BCUT2D eigenvalue weighted by Crippen LogP contribution is 2.66. The largest absolute Gasteiger partial charge is 0.505 e. The van der Waals surface area contributed by atoms with Gasteiger partial charge in [-0.15, -0.1) is 23.2 Å². The average Bonchev–Trinajstić information content (AvgIpc) is 3.34. The molecule has 1 N–H and O–H groups in total. The lowest BCUT2D eigenvalue weighted by Crippen LogP contribution is -2.60. The second kappa shape index (κ2) is 10.4. The van der Waals surface area contributed by atoms with Crippen molar-refractivity contribution in [3.63, 3.8) is 0 Å². The quantitative estimate of drug-likeness (QED) is 0.306. The number of alkyl halides is 2. The number of benzene rings is 2. The number of fused-ring (bicyclic) bond motifs is 4. The van der Waals surface area contributed by atoms with E-state index in [1.807, 2.05) is 18.2 Å². The zero-order valence-electron chi connectivity index (χ0n) is 24.1. The van der Waals surface area contributed by atoms with Gasteiger partial charge >= 0.3 is 0 Å². The molecule has 2 aliphatic carbocycles. The lowest BCUT2D eigenvalue weighted by atomic mass is 9.56. The second-order valence-corrected chi connectivity index (χ2v) is 14.0. The number of allylic oxidation sites excluding steroid dienone is 2. The highest BCUT2D eigenvalue weighted by molar-refractivity contribution is 6.53. The number of likely N-dealkylation sites (tertiary alicyclic amines) is 3. The van der Waals surface area contributed by atoms with Crippen LogP contribution in [0.1, 0.15) is 42.7 Å². The van der Waals surface area contributed by atoms with Crippen molar-refractivity contribution >= 4 is 46.8 Å². The molecule has 2 aromatic rings. The van der Waals surface area contributed by atoms with Crippen LogP contribution in [0.4, 0.5) is 4.39 Å². The number of hydrogen-bond acceptors (Lipinski definition) is 6. The first-order chi connectivity index (χ1) is 21.0. The highest BCUT2D eigenvalue weighted by Gasteiger charge is 2.76. The first-order valence-electron chi connectivity index (χ1n) is 15.0. The molecule has 6 atom stereocenters. The summed E-state index contributed by atoms with van der Waals surface area (Å²) in [5, 5.41) is 10.8. The third-order valence-corrected chi connectivity index (χ3v) is 12.0. The number of para-hydroxylation sites is 1. The monoisotopic (exact) mass is 639 g/mol. The molecule has 3 aliphatic heterocycles. The van der Waals surface area contributed by atoms with Crippen molar-refractivity contribution in [2.75, 3.05) is 20.1 Å². The van der Waals surface area contributed by atoms with E-state index in [-0.39, 0.29) is 36.3 Å². The van der Waals surface area contributed by atoms with E-state index in [4.69, 9.17) is 23.2 Å². The van der Waals surface area contributed by atoms with Gasteiger partial charge in [-0.1, -0.05) is 54.1 Å². The molecule has 44 heavy (non-hydrogen) atoms. The van der Waals surface area contributed by atoms with E-state index in [9.17, 15) is 28.7 Å². The van der Waals surface area contributed by atoms with E-state index in [1.54, 1.807) is 6.08 Å². The summed E-state index contributed by atoms with van der Waals surface area (Å²) in [4.78, 5) is 55.9. The van der Waals surface area contributed by atoms with Crippen molar-refractivity contribution in [2.45, 2.75) is 53.9 Å². The molecule has 0 bridgehead atoms. The molecular formula is C33H32Cl2FN3O5. The molecule has 5 aliphatic rings. The molecule has 11 heteroatoms. The molecule has 4 fully saturated rings. The molecule has 6 unspecified atom stereocenters. The molecule has 3 heterocycles. The number of carbonyl (C=O) groups is 4. The number of hydrogen-bond donors (Lipinski definition) is 1. The van der Waals surface area contributed by atoms with Gasteiger partial charge in [0.1, 0.15) is 0 Å². The molecule has 0 aromatic heterocycles. The number of halogens is 3. The van der Waals surface area contributed by atoms with Gasteiger partial charge in [-0.25, -0.2) is 4.39 Å². The Labute approximate surface area is 264 Å². The van der Waals surface area contributed by atoms with Crippen molar-refractivity contribution in [1.82, 2.24) is 14.7 Å². The van der Waals surface area contributed by atoms with Crippen LogP contribution in [0.2, 0.25) is 0 Å². The van der Waals surface area contributed by atoms with E-state index in [1.165, 1.54) is 29.6 Å². The first-order valence-corrected chi connectivity index (χ1v) is 15.8. The molecule has 230 valence electrons. The van der Waals surface area contributed by atoms with Gasteiger partial charge < -0.3 is 5.11 Å². The van der Waals surface area contributed by atoms with Gasteiger partial charge in [0.2, 0.25) is 11.8 Å². The summed E-state index contributed by atoms with van der Waals surface area (Å²) in [7, 11) is 1.29. The molecule has 0 spiro atoms. The number of phenols is 1. The average molecular weight is 641 g/mol. The molecule has 2 aromatic carbocycles. The van der Waals surface area contributed by atoms with Crippen LogP contribution in [0.25, 0.3) is 0 Å². The summed E-state index contributed by atoms with van der Waals surface area (Å²) in [5.41, 5.74) is 1.74. The van der Waals surface area contributed by atoms with E-state index in [0.717, 1.165) is 30.6 Å². The van der Waals surface area contributed by atoms with Crippen LogP contribution in [0.15, 0.2) is 60.2 Å². The lowest BCUT2D eigenvalue weighted by molar-refractivity contribution is -0.144. The Morgan fingerprint density at radius 2 is 1.64 bits per heavy atom. The minimum Gasteiger partial charge on any atom is -0.505 e. The molecule has 1 saturated carbocycles. The zero-order chi connectivity index (χ0) is 31.1. The zero-order valence-corrected chi connectivity index (χ0v) is 25.6. The Bertz CT molecular complexity index is 1610. The fourth-order valence-corrected chi connectivity index (χ4v) is 9.43. The Balaban J connectivity index is 1.22. The van der Waals surface area contributed by atoms with E-state index in [2.05, 4.69) is 17.0 Å². The second-order valence-electron chi connectivity index (χ2n) is 12.7. The maximum atomic E-state index is 14.7. The standard InChI is InChI=1S/C33H32Cl2FN3O5/c1-37-30(43)32(34)16-23-20(26(33(32,35)31(37)44)22-8-5-9-24(36)27(22)40)10-11-21-25(23)29(42)39(28(21)41)19-12-14-38(15-13-19)17-18-6-3-2-4-7-18/h2-10,19,21,23,25-26,40H,11-17H2,1H3. The van der Waals surface area contributed by atoms with Gasteiger partial charge in [-0.3, -0.25) is 33.9 Å². The smallest absolute Gasteiger partial charge is 0.253 e. The molecule has 8 nitrogen and oxygen atoms in total. The minimum atomic E-state index is -2.07. The van der Waals surface area contributed by atoms with Crippen LogP contribution < -0.4 is 0 Å². The Morgan fingerprint density at radius 3 is 2.34 bits per heavy atom. The number of amides is 4. The molecule has 7 rings (SSSR count). The Hall–Kier alpha value is -3.27. The number of aromatic hydroxyl groups is 1. The van der Waals surface area contributed by atoms with Crippen molar-refractivity contribution < 1.29 is 28.7 Å². The van der Waals surface area contributed by atoms with E-state index < -0.39 is 56.8 Å². The van der Waals surface area contributed by atoms with Crippen LogP contribution >= 0.6 is 23.2 Å². The number of nitrogens with zero attached hydrogens (tertiary/aromatic N) is 3. The van der Waals surface area contributed by atoms with Crippen LogP contribution in [0.3, 0.4) is 0 Å². The summed E-state index contributed by atoms with van der Waals surface area (Å²) >= 11 is 14.2. The first kappa shape index (κ1) is 29.4. The van der Waals surface area contributed by atoms with Gasteiger partial charge in [0.05, 0.1) is 11.8 Å². The number of piperidine rings is 1. The number of rotatable bonds is 4. The number of imide groups is 2. The van der Waals surface area contributed by atoms with Gasteiger partial charge in [-0.05, 0) is 43.2 Å². The van der Waals surface area contributed by atoms with Crippen LogP contribution in [-0.2, 0) is 25.7 Å². The summed E-state index contributed by atoms with van der Waals surface area (Å²) in [6, 6.07) is 13.8. The van der Waals surface area contributed by atoms with Crippen LogP contribution in [0.5, 0.6) is 5.75 Å². The van der Waals surface area contributed by atoms with Crippen molar-refractivity contribution in [3.8, 4) is 5.75 Å². The maximum absolute atomic E-state index is 14.7. The molecule has 3 saturated heterocycles.